The van der Waals surface area contributed by atoms with Crippen LogP contribution in [0.3, 0.4) is 0 Å². The van der Waals surface area contributed by atoms with Crippen LogP contribution in [0, 0.1) is 13.8 Å². The fourth-order valence-corrected chi connectivity index (χ4v) is 4.41. The molecule has 4 rings (SSSR count). The molecule has 34 heavy (non-hydrogen) atoms. The van der Waals surface area contributed by atoms with Gasteiger partial charge < -0.3 is 10.3 Å². The summed E-state index contributed by atoms with van der Waals surface area (Å²) in [6, 6.07) is 14.2. The molecule has 2 aromatic heterocycles. The molecule has 0 spiro atoms. The molecule has 1 amide bonds. The minimum Gasteiger partial charge on any atom is -0.325 e. The van der Waals surface area contributed by atoms with Crippen molar-refractivity contribution in [3.63, 3.8) is 0 Å². The summed E-state index contributed by atoms with van der Waals surface area (Å²) >= 11 is 7.27. The van der Waals surface area contributed by atoms with Crippen LogP contribution in [0.25, 0.3) is 5.69 Å². The largest absolute Gasteiger partial charge is 0.325 e. The Morgan fingerprint density at radius 1 is 1.03 bits per heavy atom. The molecule has 0 aliphatic carbocycles. The number of thioether (sulfide) groups is 1. The highest BCUT2D eigenvalue weighted by atomic mass is 35.5. The number of nitrogens with zero attached hydrogens (tertiary/aromatic N) is 3. The molecule has 0 radical (unpaired) electrons. The highest BCUT2D eigenvalue weighted by Gasteiger charge is 2.17. The van der Waals surface area contributed by atoms with E-state index in [1.54, 1.807) is 28.8 Å². The normalized spacial score (nSPS) is 10.9. The maximum Gasteiger partial charge on any atom is 0.325 e. The van der Waals surface area contributed by atoms with Gasteiger partial charge in [-0.15, -0.1) is 10.2 Å². The molecule has 0 aliphatic rings. The SMILES string of the molecule is Cc1cc(C)cc(NC(=O)CSc2nnc(Cc3cc(=O)[nH]c(=O)[nH]3)n2-c2ccc(Cl)cc2)c1. The molecule has 0 aliphatic heterocycles. The third kappa shape index (κ3) is 5.83. The van der Waals surface area contributed by atoms with E-state index >= 15 is 0 Å². The van der Waals surface area contributed by atoms with Gasteiger partial charge in [0.2, 0.25) is 5.91 Å². The summed E-state index contributed by atoms with van der Waals surface area (Å²) in [7, 11) is 0. The molecule has 0 saturated heterocycles. The monoisotopic (exact) mass is 496 g/mol. The molecule has 0 atom stereocenters. The highest BCUT2D eigenvalue weighted by Crippen LogP contribution is 2.24. The molecule has 0 bridgehead atoms. The molecular weight excluding hydrogens is 476 g/mol. The zero-order valence-corrected chi connectivity index (χ0v) is 20.0. The number of hydrogen-bond donors (Lipinski definition) is 3. The average molecular weight is 497 g/mol. The van der Waals surface area contributed by atoms with Crippen molar-refractivity contribution in [2.75, 3.05) is 11.1 Å². The first kappa shape index (κ1) is 23.5. The molecule has 11 heteroatoms. The summed E-state index contributed by atoms with van der Waals surface area (Å²) in [6.07, 6.45) is 0.157. The Hall–Kier alpha value is -3.63. The Balaban J connectivity index is 1.59. The van der Waals surface area contributed by atoms with Gasteiger partial charge in [0, 0.05) is 34.6 Å². The van der Waals surface area contributed by atoms with E-state index in [0.717, 1.165) is 22.5 Å². The standard InChI is InChI=1S/C23H21ClN6O3S/c1-13-7-14(2)9-16(8-13)25-21(32)12-34-23-29-28-19(10-17-11-20(31)27-22(33)26-17)30(23)18-5-3-15(24)4-6-18/h3-9,11H,10,12H2,1-2H3,(H,25,32)(H2,26,27,31,33). The number of halogens is 1. The third-order valence-corrected chi connectivity index (χ3v) is 5.97. The Labute approximate surface area is 203 Å². The van der Waals surface area contributed by atoms with Gasteiger partial charge in [-0.25, -0.2) is 4.79 Å². The topological polar surface area (TPSA) is 126 Å². The minimum absolute atomic E-state index is 0.112. The molecule has 0 fully saturated rings. The fraction of sp³-hybridized carbons (Fsp3) is 0.174. The van der Waals surface area contributed by atoms with E-state index in [2.05, 4.69) is 25.5 Å². The summed E-state index contributed by atoms with van der Waals surface area (Å²) in [5.74, 6) is 0.419. The van der Waals surface area contributed by atoms with Crippen LogP contribution in [-0.4, -0.2) is 36.4 Å². The summed E-state index contributed by atoms with van der Waals surface area (Å²) in [5, 5.41) is 12.5. The first-order valence-electron chi connectivity index (χ1n) is 10.3. The lowest BCUT2D eigenvalue weighted by molar-refractivity contribution is -0.113. The van der Waals surface area contributed by atoms with E-state index in [1.165, 1.54) is 17.8 Å². The second kappa shape index (κ2) is 10.1. The van der Waals surface area contributed by atoms with Crippen LogP contribution >= 0.6 is 23.4 Å². The van der Waals surface area contributed by atoms with Crippen molar-refractivity contribution in [1.29, 1.82) is 0 Å². The average Bonchev–Trinajstić information content (AvgIpc) is 3.13. The van der Waals surface area contributed by atoms with Crippen LogP contribution in [0.5, 0.6) is 0 Å². The lowest BCUT2D eigenvalue weighted by atomic mass is 10.1. The van der Waals surface area contributed by atoms with E-state index in [1.807, 2.05) is 32.0 Å². The highest BCUT2D eigenvalue weighted by molar-refractivity contribution is 7.99. The Kier molecular flexibility index (Phi) is 6.99. The first-order chi connectivity index (χ1) is 16.3. The van der Waals surface area contributed by atoms with Crippen molar-refractivity contribution in [2.45, 2.75) is 25.4 Å². The van der Waals surface area contributed by atoms with E-state index in [4.69, 9.17) is 11.6 Å². The number of nitrogens with one attached hydrogen (secondary N) is 3. The number of aromatic amines is 2. The maximum absolute atomic E-state index is 12.6. The van der Waals surface area contributed by atoms with Crippen LogP contribution in [0.15, 0.2) is 63.3 Å². The second-order valence-corrected chi connectivity index (χ2v) is 9.09. The number of amides is 1. The number of aromatic nitrogens is 5. The van der Waals surface area contributed by atoms with Gasteiger partial charge in [-0.3, -0.25) is 19.1 Å². The Morgan fingerprint density at radius 3 is 2.41 bits per heavy atom. The summed E-state index contributed by atoms with van der Waals surface area (Å²) < 4.78 is 1.77. The molecule has 2 heterocycles. The molecule has 0 saturated carbocycles. The lowest BCUT2D eigenvalue weighted by Crippen LogP contribution is -2.23. The molecule has 2 aromatic carbocycles. The molecule has 0 unspecified atom stereocenters. The van der Waals surface area contributed by atoms with Crippen LogP contribution < -0.4 is 16.6 Å². The minimum atomic E-state index is -0.599. The summed E-state index contributed by atoms with van der Waals surface area (Å²) in [6.45, 7) is 3.95. The number of benzene rings is 2. The van der Waals surface area contributed by atoms with Crippen LogP contribution in [0.1, 0.15) is 22.6 Å². The number of carbonyl (C=O) groups excluding carboxylic acids is 1. The van der Waals surface area contributed by atoms with Crippen molar-refractivity contribution in [2.24, 2.45) is 0 Å². The second-order valence-electron chi connectivity index (χ2n) is 7.71. The molecule has 174 valence electrons. The van der Waals surface area contributed by atoms with Gasteiger partial charge in [-0.2, -0.15) is 0 Å². The summed E-state index contributed by atoms with van der Waals surface area (Å²) in [5.41, 5.74) is 2.88. The lowest BCUT2D eigenvalue weighted by Gasteiger charge is -2.11. The smallest absolute Gasteiger partial charge is 0.325 e. The van der Waals surface area contributed by atoms with Gasteiger partial charge in [0.25, 0.3) is 5.56 Å². The first-order valence-corrected chi connectivity index (χ1v) is 11.7. The number of aryl methyl sites for hydroxylation is 2. The summed E-state index contributed by atoms with van der Waals surface area (Å²) in [4.78, 5) is 40.7. The number of anilines is 1. The number of H-pyrrole nitrogens is 2. The zero-order valence-electron chi connectivity index (χ0n) is 18.4. The van der Waals surface area contributed by atoms with E-state index in [9.17, 15) is 14.4 Å². The van der Waals surface area contributed by atoms with E-state index in [-0.39, 0.29) is 18.1 Å². The maximum atomic E-state index is 12.6. The van der Waals surface area contributed by atoms with Crippen LogP contribution in [-0.2, 0) is 11.2 Å². The van der Waals surface area contributed by atoms with E-state index in [0.29, 0.717) is 21.7 Å². The van der Waals surface area contributed by atoms with Crippen LogP contribution in [0.4, 0.5) is 5.69 Å². The third-order valence-electron chi connectivity index (χ3n) is 4.79. The van der Waals surface area contributed by atoms with Crippen molar-refractivity contribution in [1.82, 2.24) is 24.7 Å². The van der Waals surface area contributed by atoms with Crippen molar-refractivity contribution >= 4 is 35.0 Å². The molecule has 3 N–H and O–H groups in total. The van der Waals surface area contributed by atoms with Crippen LogP contribution in [0.2, 0.25) is 5.02 Å². The van der Waals surface area contributed by atoms with E-state index < -0.39 is 11.2 Å². The predicted octanol–water partition coefficient (Wildman–Crippen LogP) is 3.24. The van der Waals surface area contributed by atoms with Crippen molar-refractivity contribution < 1.29 is 4.79 Å². The Bertz CT molecular complexity index is 1410. The quantitative estimate of drug-likeness (QED) is 0.337. The predicted molar refractivity (Wildman–Crippen MR) is 132 cm³/mol. The number of rotatable bonds is 7. The van der Waals surface area contributed by atoms with Gasteiger partial charge in [-0.1, -0.05) is 29.4 Å². The van der Waals surface area contributed by atoms with Gasteiger partial charge in [0.15, 0.2) is 5.16 Å². The fourth-order valence-electron chi connectivity index (χ4n) is 3.52. The zero-order chi connectivity index (χ0) is 24.2. The molecular formula is C23H21ClN6O3S. The number of hydrogen-bond acceptors (Lipinski definition) is 6. The molecule has 9 nitrogen and oxygen atoms in total. The Morgan fingerprint density at radius 2 is 1.74 bits per heavy atom. The van der Waals surface area contributed by atoms with Gasteiger partial charge in [0.05, 0.1) is 5.75 Å². The van der Waals surface area contributed by atoms with Gasteiger partial charge >= 0.3 is 5.69 Å². The number of carbonyl (C=O) groups is 1. The van der Waals surface area contributed by atoms with Crippen molar-refractivity contribution in [3.05, 3.63) is 97.0 Å². The van der Waals surface area contributed by atoms with Gasteiger partial charge in [0.1, 0.15) is 5.82 Å². The molecule has 4 aromatic rings. The van der Waals surface area contributed by atoms with Gasteiger partial charge in [-0.05, 0) is 61.4 Å². The van der Waals surface area contributed by atoms with Crippen molar-refractivity contribution in [3.8, 4) is 5.69 Å².